The zero-order valence-electron chi connectivity index (χ0n) is 53.1. The summed E-state index contributed by atoms with van der Waals surface area (Å²) in [7, 11) is 0. The first kappa shape index (κ1) is 76.6. The van der Waals surface area contributed by atoms with Gasteiger partial charge in [-0.25, -0.2) is 0 Å². The minimum atomic E-state index is -0.790. The molecule has 80 heavy (non-hydrogen) atoms. The first-order chi connectivity index (χ1) is 39.5. The van der Waals surface area contributed by atoms with E-state index in [1.165, 1.54) is 199 Å². The third-order valence-electron chi connectivity index (χ3n) is 15.1. The number of unbranched alkanes of at least 4 members (excludes halogenated alkanes) is 38. The van der Waals surface area contributed by atoms with E-state index in [1.807, 2.05) is 0 Å². The number of allylic oxidation sites excluding steroid dienone is 14. The highest BCUT2D eigenvalue weighted by Crippen LogP contribution is 2.17. The summed E-state index contributed by atoms with van der Waals surface area (Å²) in [6, 6.07) is 0. The number of carbonyl (C=O) groups is 3. The molecule has 0 aliphatic carbocycles. The van der Waals surface area contributed by atoms with Crippen molar-refractivity contribution in [1.82, 2.24) is 0 Å². The fourth-order valence-electron chi connectivity index (χ4n) is 9.97. The van der Waals surface area contributed by atoms with Gasteiger partial charge in [0.2, 0.25) is 0 Å². The van der Waals surface area contributed by atoms with Gasteiger partial charge in [-0.3, -0.25) is 14.4 Å². The normalized spacial score (nSPS) is 12.6. The van der Waals surface area contributed by atoms with Gasteiger partial charge >= 0.3 is 17.9 Å². The van der Waals surface area contributed by atoms with Crippen LogP contribution in [-0.2, 0) is 28.6 Å². The molecule has 6 heteroatoms. The largest absolute Gasteiger partial charge is 0.462 e. The molecule has 0 radical (unpaired) electrons. The van der Waals surface area contributed by atoms with Crippen molar-refractivity contribution in [3.8, 4) is 0 Å². The predicted molar refractivity (Wildman–Crippen MR) is 348 cm³/mol. The molecule has 0 heterocycles. The maximum atomic E-state index is 12.9. The second-order valence-corrected chi connectivity index (χ2v) is 23.1. The highest BCUT2D eigenvalue weighted by molar-refractivity contribution is 5.71. The maximum absolute atomic E-state index is 12.9. The molecular formula is C74H130O6. The third kappa shape index (κ3) is 65.4. The van der Waals surface area contributed by atoms with E-state index in [-0.39, 0.29) is 31.1 Å². The molecule has 0 bridgehead atoms. The highest BCUT2D eigenvalue weighted by Gasteiger charge is 2.19. The van der Waals surface area contributed by atoms with Crippen molar-refractivity contribution in [1.29, 1.82) is 0 Å². The van der Waals surface area contributed by atoms with Crippen LogP contribution >= 0.6 is 0 Å². The molecule has 0 saturated carbocycles. The highest BCUT2D eigenvalue weighted by atomic mass is 16.6. The van der Waals surface area contributed by atoms with Gasteiger partial charge in [-0.1, -0.05) is 318 Å². The summed E-state index contributed by atoms with van der Waals surface area (Å²) < 4.78 is 17.0. The van der Waals surface area contributed by atoms with Gasteiger partial charge in [0.15, 0.2) is 6.10 Å². The van der Waals surface area contributed by atoms with Crippen LogP contribution in [0.4, 0.5) is 0 Å². The minimum Gasteiger partial charge on any atom is -0.462 e. The molecule has 0 aromatic rings. The molecule has 0 N–H and O–H groups in total. The number of esters is 3. The van der Waals surface area contributed by atoms with Gasteiger partial charge in [0.05, 0.1) is 0 Å². The fourth-order valence-corrected chi connectivity index (χ4v) is 9.97. The Kier molecular flexibility index (Phi) is 65.2. The molecule has 0 aromatic heterocycles. The average molecular weight is 1120 g/mol. The molecule has 0 fully saturated rings. The summed E-state index contributed by atoms with van der Waals surface area (Å²) >= 11 is 0. The van der Waals surface area contributed by atoms with Gasteiger partial charge in [0.25, 0.3) is 0 Å². The third-order valence-corrected chi connectivity index (χ3v) is 15.1. The summed E-state index contributed by atoms with van der Waals surface area (Å²) in [4.78, 5) is 38.4. The van der Waals surface area contributed by atoms with Crippen molar-refractivity contribution in [3.63, 3.8) is 0 Å². The second-order valence-electron chi connectivity index (χ2n) is 23.1. The Hall–Kier alpha value is -3.41. The van der Waals surface area contributed by atoms with Crippen molar-refractivity contribution in [2.24, 2.45) is 0 Å². The lowest BCUT2D eigenvalue weighted by molar-refractivity contribution is -0.167. The van der Waals surface area contributed by atoms with E-state index in [9.17, 15) is 14.4 Å². The summed E-state index contributed by atoms with van der Waals surface area (Å²) in [6.07, 6.45) is 90.3. The zero-order valence-corrected chi connectivity index (χ0v) is 53.1. The first-order valence-electron chi connectivity index (χ1n) is 34.6. The number of ether oxygens (including phenoxy) is 3. The van der Waals surface area contributed by atoms with E-state index < -0.39 is 6.10 Å². The van der Waals surface area contributed by atoms with E-state index in [2.05, 4.69) is 106 Å². The lowest BCUT2D eigenvalue weighted by Crippen LogP contribution is -2.30. The van der Waals surface area contributed by atoms with Crippen LogP contribution in [0.25, 0.3) is 0 Å². The molecule has 0 saturated heterocycles. The van der Waals surface area contributed by atoms with Crippen LogP contribution in [0.15, 0.2) is 85.1 Å². The molecule has 462 valence electrons. The lowest BCUT2D eigenvalue weighted by atomic mass is 10.0. The summed E-state index contributed by atoms with van der Waals surface area (Å²) in [5.41, 5.74) is 0. The molecule has 0 aliphatic rings. The molecule has 1 atom stereocenters. The van der Waals surface area contributed by atoms with Crippen LogP contribution < -0.4 is 0 Å². The Balaban J connectivity index is 4.28. The fraction of sp³-hybridized carbons (Fsp3) is 0.770. The molecular weight excluding hydrogens is 985 g/mol. The molecule has 0 amide bonds. The Morgan fingerprint density at radius 1 is 0.263 bits per heavy atom. The van der Waals surface area contributed by atoms with E-state index in [0.717, 1.165) is 109 Å². The summed E-state index contributed by atoms with van der Waals surface area (Å²) in [6.45, 7) is 6.54. The minimum absolute atomic E-state index is 0.0829. The number of rotatable bonds is 63. The average Bonchev–Trinajstić information content (AvgIpc) is 3.46. The zero-order chi connectivity index (χ0) is 57.8. The van der Waals surface area contributed by atoms with E-state index >= 15 is 0 Å². The van der Waals surface area contributed by atoms with Gasteiger partial charge in [-0.15, -0.1) is 0 Å². The van der Waals surface area contributed by atoms with Crippen molar-refractivity contribution in [3.05, 3.63) is 85.1 Å². The van der Waals surface area contributed by atoms with Crippen molar-refractivity contribution < 1.29 is 28.6 Å². The Labute approximate surface area is 496 Å². The van der Waals surface area contributed by atoms with Crippen LogP contribution in [0.2, 0.25) is 0 Å². The molecule has 6 nitrogen and oxygen atoms in total. The molecule has 0 aromatic carbocycles. The first-order valence-corrected chi connectivity index (χ1v) is 34.6. The number of hydrogen-bond acceptors (Lipinski definition) is 6. The van der Waals surface area contributed by atoms with Crippen LogP contribution in [0.5, 0.6) is 0 Å². The smallest absolute Gasteiger partial charge is 0.306 e. The molecule has 0 spiro atoms. The van der Waals surface area contributed by atoms with E-state index in [4.69, 9.17) is 14.2 Å². The SMILES string of the molecule is CC/C=C\C/C=C\C/C=C\C/C=C\CCCCCCC(=O)OC(COC(=O)CCCCCCCCCCCCCCCC/C=C\C/C=C\C/C=C\CCCCCCC)COC(=O)CCCCCCCCCCCCCCCCCC. The van der Waals surface area contributed by atoms with Crippen LogP contribution in [0, 0.1) is 0 Å². The van der Waals surface area contributed by atoms with Crippen LogP contribution in [0.1, 0.15) is 348 Å². The molecule has 1 unspecified atom stereocenters. The van der Waals surface area contributed by atoms with Crippen LogP contribution in [0.3, 0.4) is 0 Å². The van der Waals surface area contributed by atoms with Crippen molar-refractivity contribution >= 4 is 17.9 Å². The van der Waals surface area contributed by atoms with Crippen molar-refractivity contribution in [2.75, 3.05) is 13.2 Å². The quantitative estimate of drug-likeness (QED) is 0.0261. The molecule has 0 rings (SSSR count). The van der Waals surface area contributed by atoms with Crippen LogP contribution in [-0.4, -0.2) is 37.2 Å². The number of carbonyl (C=O) groups excluding carboxylic acids is 3. The van der Waals surface area contributed by atoms with E-state index in [1.54, 1.807) is 0 Å². The summed E-state index contributed by atoms with van der Waals surface area (Å²) in [5.74, 6) is -0.890. The Bertz CT molecular complexity index is 1520. The topological polar surface area (TPSA) is 78.9 Å². The van der Waals surface area contributed by atoms with Gasteiger partial charge in [0.1, 0.15) is 13.2 Å². The maximum Gasteiger partial charge on any atom is 0.306 e. The second kappa shape index (κ2) is 68.1. The van der Waals surface area contributed by atoms with Crippen molar-refractivity contribution in [2.45, 2.75) is 354 Å². The molecule has 0 aliphatic heterocycles. The van der Waals surface area contributed by atoms with Gasteiger partial charge in [0, 0.05) is 19.3 Å². The number of hydrogen-bond donors (Lipinski definition) is 0. The van der Waals surface area contributed by atoms with Gasteiger partial charge < -0.3 is 14.2 Å². The van der Waals surface area contributed by atoms with Gasteiger partial charge in [-0.05, 0) is 96.3 Å². The summed E-state index contributed by atoms with van der Waals surface area (Å²) in [5, 5.41) is 0. The Morgan fingerprint density at radius 2 is 0.487 bits per heavy atom. The van der Waals surface area contributed by atoms with Gasteiger partial charge in [-0.2, -0.15) is 0 Å². The predicted octanol–water partition coefficient (Wildman–Crippen LogP) is 23.8. The standard InChI is InChI=1S/C74H130O6/c1-4-7-10-13-16-19-22-25-28-31-32-33-34-35-36-37-38-39-40-41-42-44-46-49-52-55-58-61-64-67-73(76)79-70-71(69-78-72(75)66-63-60-57-54-51-48-45-30-27-24-21-18-15-12-9-6-3)80-74(77)68-65-62-59-56-53-50-47-43-29-26-23-20-17-14-11-8-5-2/h8,11,17,20,22,25-26,29,31-32,34-35,47,50,71H,4-7,9-10,12-16,18-19,21,23-24,27-28,30,33,36-46,48-49,51-70H2,1-3H3/b11-8-,20-17-,25-22-,29-26-,32-31-,35-34-,50-47-. The van der Waals surface area contributed by atoms with E-state index in [0.29, 0.717) is 19.3 Å². The lowest BCUT2D eigenvalue weighted by Gasteiger charge is -2.18. The monoisotopic (exact) mass is 1110 g/mol. The Morgan fingerprint density at radius 3 is 0.762 bits per heavy atom.